The van der Waals surface area contributed by atoms with Gasteiger partial charge in [0.15, 0.2) is 0 Å². The van der Waals surface area contributed by atoms with Crippen molar-refractivity contribution in [2.45, 2.75) is 20.8 Å². The highest BCUT2D eigenvalue weighted by Gasteiger charge is 2.16. The maximum atomic E-state index is 5.04. The van der Waals surface area contributed by atoms with Gasteiger partial charge >= 0.3 is 0 Å². The van der Waals surface area contributed by atoms with Gasteiger partial charge in [0.05, 0.1) is 33.5 Å². The topological polar surface area (TPSA) is 33.4 Å². The molecule has 2 aliphatic rings. The monoisotopic (exact) mass is 432 g/mol. The van der Waals surface area contributed by atoms with E-state index in [0.29, 0.717) is 0 Å². The lowest BCUT2D eigenvalue weighted by Gasteiger charge is -2.24. The Hall–Kier alpha value is -3.92. The molecule has 5 rings (SSSR count). The first kappa shape index (κ1) is 21.0. The SMILES string of the molecule is CCN(CC)c1ccc2nc3cc(C)c(=Nc4ccccc4)cc-3n(-c3ccccc3)c2c1. The van der Waals surface area contributed by atoms with Crippen molar-refractivity contribution < 1.29 is 0 Å². The average molecular weight is 433 g/mol. The predicted molar refractivity (Wildman–Crippen MR) is 138 cm³/mol. The Morgan fingerprint density at radius 1 is 0.818 bits per heavy atom. The average Bonchev–Trinajstić information content (AvgIpc) is 2.85. The third-order valence-electron chi connectivity index (χ3n) is 6.12. The van der Waals surface area contributed by atoms with Crippen LogP contribution in [-0.4, -0.2) is 22.6 Å². The maximum absolute atomic E-state index is 5.04. The van der Waals surface area contributed by atoms with Crippen molar-refractivity contribution in [3.63, 3.8) is 0 Å². The van der Waals surface area contributed by atoms with E-state index in [0.717, 1.165) is 57.8 Å². The molecule has 0 fully saturated rings. The molecule has 3 aromatic carbocycles. The van der Waals surface area contributed by atoms with E-state index >= 15 is 0 Å². The first-order valence-corrected chi connectivity index (χ1v) is 11.5. The van der Waals surface area contributed by atoms with E-state index in [4.69, 9.17) is 9.98 Å². The molecule has 0 saturated carbocycles. The number of benzene rings is 4. The molecule has 4 heteroatoms. The molecule has 0 bridgehead atoms. The van der Waals surface area contributed by atoms with E-state index in [9.17, 15) is 0 Å². The molecule has 0 N–H and O–H groups in total. The molecule has 0 atom stereocenters. The summed E-state index contributed by atoms with van der Waals surface area (Å²) in [6.45, 7) is 8.42. The van der Waals surface area contributed by atoms with Crippen molar-refractivity contribution in [2.24, 2.45) is 4.99 Å². The second-order valence-electron chi connectivity index (χ2n) is 8.20. The molecule has 0 aromatic heterocycles. The van der Waals surface area contributed by atoms with Gasteiger partial charge in [0, 0.05) is 24.5 Å². The van der Waals surface area contributed by atoms with Crippen molar-refractivity contribution in [1.82, 2.24) is 9.55 Å². The third-order valence-corrected chi connectivity index (χ3v) is 6.12. The molecule has 0 amide bonds. The van der Waals surface area contributed by atoms with Gasteiger partial charge in [-0.3, -0.25) is 0 Å². The molecule has 1 aliphatic heterocycles. The summed E-state index contributed by atoms with van der Waals surface area (Å²) < 4.78 is 2.31. The molecule has 33 heavy (non-hydrogen) atoms. The lowest BCUT2D eigenvalue weighted by Crippen LogP contribution is -2.22. The minimum Gasteiger partial charge on any atom is -0.372 e. The van der Waals surface area contributed by atoms with Crippen molar-refractivity contribution in [3.8, 4) is 17.1 Å². The maximum Gasteiger partial charge on any atom is 0.0882 e. The summed E-state index contributed by atoms with van der Waals surface area (Å²) in [7, 11) is 0. The van der Waals surface area contributed by atoms with Crippen LogP contribution in [0.4, 0.5) is 11.4 Å². The van der Waals surface area contributed by atoms with E-state index in [1.54, 1.807) is 0 Å². The number of fused-ring (bicyclic) bond motifs is 2. The zero-order valence-electron chi connectivity index (χ0n) is 19.4. The summed E-state index contributed by atoms with van der Waals surface area (Å²) in [5, 5.41) is 0.958. The number of aryl methyl sites for hydroxylation is 1. The van der Waals surface area contributed by atoms with Gasteiger partial charge in [0.1, 0.15) is 0 Å². The van der Waals surface area contributed by atoms with Crippen LogP contribution < -0.4 is 10.3 Å². The number of aromatic nitrogens is 2. The van der Waals surface area contributed by atoms with Crippen LogP contribution in [0.2, 0.25) is 0 Å². The number of hydrogen-bond acceptors (Lipinski definition) is 3. The molecular formula is C29H28N4. The number of hydrogen-bond donors (Lipinski definition) is 0. The van der Waals surface area contributed by atoms with Crippen molar-refractivity contribution in [2.75, 3.05) is 18.0 Å². The first-order valence-electron chi connectivity index (χ1n) is 11.5. The van der Waals surface area contributed by atoms with E-state index in [1.165, 1.54) is 5.69 Å². The summed E-state index contributed by atoms with van der Waals surface area (Å²) in [4.78, 5) is 12.3. The smallest absolute Gasteiger partial charge is 0.0882 e. The molecule has 1 aliphatic carbocycles. The molecule has 4 nitrogen and oxygen atoms in total. The van der Waals surface area contributed by atoms with E-state index in [2.05, 4.69) is 90.9 Å². The van der Waals surface area contributed by atoms with Crippen LogP contribution in [0.3, 0.4) is 0 Å². The van der Waals surface area contributed by atoms with Gasteiger partial charge < -0.3 is 9.47 Å². The number of anilines is 1. The lowest BCUT2D eigenvalue weighted by molar-refractivity contribution is 0.866. The Kier molecular flexibility index (Phi) is 5.66. The second kappa shape index (κ2) is 8.91. The Morgan fingerprint density at radius 2 is 1.52 bits per heavy atom. The predicted octanol–water partition coefficient (Wildman–Crippen LogP) is 6.52. The van der Waals surface area contributed by atoms with Crippen LogP contribution in [0.25, 0.3) is 28.1 Å². The fraction of sp³-hybridized carbons (Fsp3) is 0.172. The standard InChI is InChI=1S/C29H28N4/c1-4-32(5-2)24-16-17-25-28(19-24)33(23-14-10-7-11-15-23)29-20-26(21(3)18-27(29)31-25)30-22-12-8-6-9-13-22/h6-20H,4-5H2,1-3H3. The van der Waals surface area contributed by atoms with E-state index < -0.39 is 0 Å². The highest BCUT2D eigenvalue weighted by atomic mass is 15.1. The highest BCUT2D eigenvalue weighted by molar-refractivity contribution is 5.86. The van der Waals surface area contributed by atoms with Crippen molar-refractivity contribution in [3.05, 3.63) is 102 Å². The second-order valence-corrected chi connectivity index (χ2v) is 8.20. The largest absolute Gasteiger partial charge is 0.372 e. The molecule has 0 saturated heterocycles. The Bertz CT molecular complexity index is 1430. The minimum absolute atomic E-state index is 0.948. The molecular weight excluding hydrogens is 404 g/mol. The lowest BCUT2D eigenvalue weighted by atomic mass is 10.1. The van der Waals surface area contributed by atoms with Crippen LogP contribution in [0.5, 0.6) is 0 Å². The van der Waals surface area contributed by atoms with Crippen LogP contribution in [0, 0.1) is 6.92 Å². The normalized spacial score (nSPS) is 11.9. The zero-order valence-corrected chi connectivity index (χ0v) is 19.4. The third kappa shape index (κ3) is 4.00. The summed E-state index contributed by atoms with van der Waals surface area (Å²) >= 11 is 0. The fourth-order valence-electron chi connectivity index (χ4n) is 4.39. The summed E-state index contributed by atoms with van der Waals surface area (Å²) in [6.07, 6.45) is 0. The first-order chi connectivity index (χ1) is 16.2. The molecule has 0 unspecified atom stereocenters. The zero-order chi connectivity index (χ0) is 22.8. The van der Waals surface area contributed by atoms with Gasteiger partial charge in [0.2, 0.25) is 0 Å². The molecule has 3 aromatic rings. The highest BCUT2D eigenvalue weighted by Crippen LogP contribution is 2.31. The molecule has 164 valence electrons. The fourth-order valence-corrected chi connectivity index (χ4v) is 4.39. The van der Waals surface area contributed by atoms with Crippen LogP contribution >= 0.6 is 0 Å². The summed E-state index contributed by atoms with van der Waals surface area (Å²) in [5.74, 6) is 0. The van der Waals surface area contributed by atoms with Gasteiger partial charge in [-0.1, -0.05) is 36.4 Å². The van der Waals surface area contributed by atoms with Gasteiger partial charge in [-0.25, -0.2) is 9.98 Å². The Labute approximate surface area is 194 Å². The Balaban J connectivity index is 1.86. The van der Waals surface area contributed by atoms with E-state index in [-0.39, 0.29) is 0 Å². The van der Waals surface area contributed by atoms with Gasteiger partial charge in [-0.2, -0.15) is 0 Å². The van der Waals surface area contributed by atoms with Crippen molar-refractivity contribution >= 4 is 22.4 Å². The molecule has 0 spiro atoms. The van der Waals surface area contributed by atoms with Crippen LogP contribution in [0.1, 0.15) is 19.4 Å². The van der Waals surface area contributed by atoms with Crippen molar-refractivity contribution in [1.29, 1.82) is 0 Å². The molecule has 0 radical (unpaired) electrons. The molecule has 1 heterocycles. The summed E-state index contributed by atoms with van der Waals surface area (Å²) in [5.41, 5.74) is 8.46. The van der Waals surface area contributed by atoms with E-state index in [1.807, 2.05) is 30.3 Å². The van der Waals surface area contributed by atoms with Gasteiger partial charge in [0.25, 0.3) is 0 Å². The minimum atomic E-state index is 0.948. The number of para-hydroxylation sites is 2. The van der Waals surface area contributed by atoms with Gasteiger partial charge in [-0.15, -0.1) is 0 Å². The number of nitrogens with zero attached hydrogens (tertiary/aromatic N) is 4. The van der Waals surface area contributed by atoms with Gasteiger partial charge in [-0.05, 0) is 80.9 Å². The summed E-state index contributed by atoms with van der Waals surface area (Å²) in [6, 6.07) is 31.5. The quantitative estimate of drug-likeness (QED) is 0.296. The Morgan fingerprint density at radius 3 is 2.21 bits per heavy atom. The van der Waals surface area contributed by atoms with Crippen LogP contribution in [0.15, 0.2) is 96.0 Å². The number of rotatable bonds is 5. The van der Waals surface area contributed by atoms with Crippen LogP contribution in [-0.2, 0) is 0 Å².